The lowest BCUT2D eigenvalue weighted by Crippen LogP contribution is -2.20. The van der Waals surface area contributed by atoms with Gasteiger partial charge in [0, 0.05) is 11.1 Å². The summed E-state index contributed by atoms with van der Waals surface area (Å²) >= 11 is 0. The summed E-state index contributed by atoms with van der Waals surface area (Å²) in [7, 11) is 4.54. The zero-order valence-electron chi connectivity index (χ0n) is 18.2. The number of rotatable bonds is 10. The van der Waals surface area contributed by atoms with E-state index in [2.05, 4.69) is 0 Å². The molecule has 7 heteroatoms. The molecular weight excluding hydrogens is 376 g/mol. The van der Waals surface area contributed by atoms with Gasteiger partial charge in [-0.05, 0) is 45.4 Å². The average molecular weight is 406 g/mol. The first-order chi connectivity index (χ1) is 13.8. The van der Waals surface area contributed by atoms with Crippen LogP contribution in [0.25, 0.3) is 0 Å². The Labute approximate surface area is 172 Å². The second-order valence-electron chi connectivity index (χ2n) is 6.30. The van der Waals surface area contributed by atoms with Gasteiger partial charge in [-0.3, -0.25) is 0 Å². The third kappa shape index (κ3) is 6.55. The quantitative estimate of drug-likeness (QED) is 0.432. The molecule has 0 radical (unpaired) electrons. The van der Waals surface area contributed by atoms with Gasteiger partial charge in [-0.15, -0.1) is 0 Å². The fourth-order valence-corrected chi connectivity index (χ4v) is 2.39. The standard InChI is InChI=1S/C22H30O7/c1-8-14(3)21(23)28-12-17(13-29-22(24)15(4)9-2)16-10-18(25-5)20(27-7)19(11-16)26-6/h8-11,17H,12-13H2,1-7H3. The van der Waals surface area contributed by atoms with Crippen molar-refractivity contribution in [3.8, 4) is 17.2 Å². The lowest BCUT2D eigenvalue weighted by atomic mass is 9.99. The van der Waals surface area contributed by atoms with Crippen LogP contribution >= 0.6 is 0 Å². The Hall–Kier alpha value is -2.96. The number of allylic oxidation sites excluding steroid dienone is 2. The Morgan fingerprint density at radius 2 is 1.24 bits per heavy atom. The van der Waals surface area contributed by atoms with E-state index in [0.29, 0.717) is 28.4 Å². The van der Waals surface area contributed by atoms with Crippen LogP contribution in [0.3, 0.4) is 0 Å². The summed E-state index contributed by atoms with van der Waals surface area (Å²) in [6.07, 6.45) is 3.35. The first kappa shape index (κ1) is 24.1. The molecule has 0 saturated carbocycles. The molecule has 0 spiro atoms. The zero-order valence-corrected chi connectivity index (χ0v) is 18.2. The minimum absolute atomic E-state index is 0.0187. The number of ether oxygens (including phenoxy) is 5. The van der Waals surface area contributed by atoms with Crippen LogP contribution in [0.4, 0.5) is 0 Å². The minimum atomic E-state index is -0.430. The van der Waals surface area contributed by atoms with Crippen LogP contribution in [0.15, 0.2) is 35.4 Å². The summed E-state index contributed by atoms with van der Waals surface area (Å²) in [6, 6.07) is 3.50. The SMILES string of the molecule is CC=C(C)C(=O)OCC(COC(=O)C(C)=CC)c1cc(OC)c(OC)c(OC)c1. The molecule has 0 amide bonds. The van der Waals surface area contributed by atoms with Crippen LogP contribution in [0, 0.1) is 0 Å². The molecular formula is C22H30O7. The molecule has 0 aromatic heterocycles. The molecule has 1 aromatic carbocycles. The van der Waals surface area contributed by atoms with E-state index in [1.54, 1.807) is 52.0 Å². The molecule has 0 N–H and O–H groups in total. The van der Waals surface area contributed by atoms with Crippen LogP contribution < -0.4 is 14.2 Å². The molecule has 0 aliphatic rings. The highest BCUT2D eigenvalue weighted by Gasteiger charge is 2.22. The van der Waals surface area contributed by atoms with Crippen molar-refractivity contribution < 1.29 is 33.3 Å². The number of hydrogen-bond donors (Lipinski definition) is 0. The van der Waals surface area contributed by atoms with E-state index in [-0.39, 0.29) is 13.2 Å². The minimum Gasteiger partial charge on any atom is -0.493 e. The lowest BCUT2D eigenvalue weighted by Gasteiger charge is -2.21. The van der Waals surface area contributed by atoms with Gasteiger partial charge in [0.15, 0.2) is 11.5 Å². The van der Waals surface area contributed by atoms with Crippen molar-refractivity contribution in [2.24, 2.45) is 0 Å². The van der Waals surface area contributed by atoms with Gasteiger partial charge in [0.1, 0.15) is 13.2 Å². The largest absolute Gasteiger partial charge is 0.493 e. The van der Waals surface area contributed by atoms with E-state index in [9.17, 15) is 9.59 Å². The molecule has 0 aliphatic carbocycles. The Morgan fingerprint density at radius 1 is 0.828 bits per heavy atom. The van der Waals surface area contributed by atoms with Gasteiger partial charge in [0.25, 0.3) is 0 Å². The van der Waals surface area contributed by atoms with Crippen molar-refractivity contribution in [3.63, 3.8) is 0 Å². The second kappa shape index (κ2) is 11.8. The Kier molecular flexibility index (Phi) is 9.79. The van der Waals surface area contributed by atoms with Gasteiger partial charge >= 0.3 is 11.9 Å². The maximum absolute atomic E-state index is 12.1. The molecule has 0 unspecified atom stereocenters. The van der Waals surface area contributed by atoms with Gasteiger partial charge in [-0.2, -0.15) is 0 Å². The molecule has 160 valence electrons. The van der Waals surface area contributed by atoms with Crippen molar-refractivity contribution in [3.05, 3.63) is 41.0 Å². The van der Waals surface area contributed by atoms with Crippen molar-refractivity contribution in [1.29, 1.82) is 0 Å². The van der Waals surface area contributed by atoms with Gasteiger partial charge in [0.05, 0.1) is 27.2 Å². The first-order valence-corrected chi connectivity index (χ1v) is 9.22. The predicted molar refractivity (Wildman–Crippen MR) is 110 cm³/mol. The van der Waals surface area contributed by atoms with E-state index in [1.807, 2.05) is 0 Å². The molecule has 1 aromatic rings. The lowest BCUT2D eigenvalue weighted by molar-refractivity contribution is -0.142. The smallest absolute Gasteiger partial charge is 0.333 e. The highest BCUT2D eigenvalue weighted by atomic mass is 16.5. The highest BCUT2D eigenvalue weighted by molar-refractivity contribution is 5.88. The molecule has 0 atom stereocenters. The summed E-state index contributed by atoms with van der Waals surface area (Å²) in [5.74, 6) is 0.0753. The summed E-state index contributed by atoms with van der Waals surface area (Å²) < 4.78 is 26.9. The van der Waals surface area contributed by atoms with Gasteiger partial charge in [0.2, 0.25) is 5.75 Å². The number of carbonyl (C=O) groups is 2. The monoisotopic (exact) mass is 406 g/mol. The summed E-state index contributed by atoms with van der Waals surface area (Å²) in [5, 5.41) is 0. The van der Waals surface area contributed by atoms with E-state index in [1.165, 1.54) is 21.3 Å². The van der Waals surface area contributed by atoms with Crippen LogP contribution in [0.5, 0.6) is 17.2 Å². The molecule has 7 nitrogen and oxygen atoms in total. The van der Waals surface area contributed by atoms with Crippen molar-refractivity contribution >= 4 is 11.9 Å². The van der Waals surface area contributed by atoms with Crippen molar-refractivity contribution in [2.45, 2.75) is 33.6 Å². The summed E-state index contributed by atoms with van der Waals surface area (Å²) in [6.45, 7) is 6.90. The van der Waals surface area contributed by atoms with E-state index in [0.717, 1.165) is 5.56 Å². The van der Waals surface area contributed by atoms with Crippen LogP contribution in [-0.2, 0) is 19.1 Å². The number of hydrogen-bond acceptors (Lipinski definition) is 7. The van der Waals surface area contributed by atoms with Crippen LogP contribution in [-0.4, -0.2) is 46.5 Å². The summed E-state index contributed by atoms with van der Waals surface area (Å²) in [4.78, 5) is 24.1. The van der Waals surface area contributed by atoms with Crippen LogP contribution in [0.2, 0.25) is 0 Å². The van der Waals surface area contributed by atoms with Gasteiger partial charge in [-0.25, -0.2) is 9.59 Å². The number of carbonyl (C=O) groups excluding carboxylic acids is 2. The number of methoxy groups -OCH3 is 3. The topological polar surface area (TPSA) is 80.3 Å². The van der Waals surface area contributed by atoms with Crippen molar-refractivity contribution in [1.82, 2.24) is 0 Å². The average Bonchev–Trinajstić information content (AvgIpc) is 2.76. The van der Waals surface area contributed by atoms with Gasteiger partial charge in [-0.1, -0.05) is 12.2 Å². The summed E-state index contributed by atoms with van der Waals surface area (Å²) in [5.41, 5.74) is 1.71. The maximum Gasteiger partial charge on any atom is 0.333 e. The highest BCUT2D eigenvalue weighted by Crippen LogP contribution is 2.40. The van der Waals surface area contributed by atoms with E-state index < -0.39 is 17.9 Å². The molecule has 0 aliphatic heterocycles. The molecule has 1 rings (SSSR count). The molecule has 0 bridgehead atoms. The molecule has 0 heterocycles. The molecule has 0 saturated heterocycles. The Balaban J connectivity index is 3.21. The predicted octanol–water partition coefficient (Wildman–Crippen LogP) is 3.81. The zero-order chi connectivity index (χ0) is 22.0. The normalized spacial score (nSPS) is 12.8. The Morgan fingerprint density at radius 3 is 1.55 bits per heavy atom. The molecule has 29 heavy (non-hydrogen) atoms. The number of benzene rings is 1. The fourth-order valence-electron chi connectivity index (χ4n) is 2.39. The van der Waals surface area contributed by atoms with Crippen LogP contribution in [0.1, 0.15) is 39.2 Å². The third-order valence-corrected chi connectivity index (χ3v) is 4.50. The maximum atomic E-state index is 12.1. The number of esters is 2. The first-order valence-electron chi connectivity index (χ1n) is 9.22. The fraction of sp³-hybridized carbons (Fsp3) is 0.455. The molecule has 0 fully saturated rings. The third-order valence-electron chi connectivity index (χ3n) is 4.50. The second-order valence-corrected chi connectivity index (χ2v) is 6.30. The van der Waals surface area contributed by atoms with E-state index in [4.69, 9.17) is 23.7 Å². The van der Waals surface area contributed by atoms with Gasteiger partial charge < -0.3 is 23.7 Å². The van der Waals surface area contributed by atoms with Crippen molar-refractivity contribution in [2.75, 3.05) is 34.5 Å². The Bertz CT molecular complexity index is 718. The van der Waals surface area contributed by atoms with E-state index >= 15 is 0 Å².